The van der Waals surface area contributed by atoms with Gasteiger partial charge in [-0.25, -0.2) is 0 Å². The van der Waals surface area contributed by atoms with E-state index >= 15 is 0 Å². The molecule has 0 aromatic carbocycles. The van der Waals surface area contributed by atoms with Gasteiger partial charge in [0, 0.05) is 19.1 Å². The number of piperidine rings is 1. The molecule has 5 nitrogen and oxygen atoms in total. The zero-order valence-corrected chi connectivity index (χ0v) is 12.3. The molecule has 1 atom stereocenters. The molecule has 2 rings (SSSR count). The molecule has 2 heterocycles. The topological polar surface area (TPSA) is 75.0 Å². The highest BCUT2D eigenvalue weighted by atomic mass is 79.9. The van der Waals surface area contributed by atoms with Crippen molar-refractivity contribution in [3.05, 3.63) is 15.9 Å². The van der Waals surface area contributed by atoms with Gasteiger partial charge in [0.15, 0.2) is 5.69 Å². The summed E-state index contributed by atoms with van der Waals surface area (Å²) in [5.41, 5.74) is 7.32. The van der Waals surface area contributed by atoms with Crippen LogP contribution in [0.3, 0.4) is 0 Å². The van der Waals surface area contributed by atoms with E-state index in [-0.39, 0.29) is 11.9 Å². The number of hydrogen-bond donors (Lipinski definition) is 2. The largest absolute Gasteiger partial charge is 0.336 e. The lowest BCUT2D eigenvalue weighted by atomic mass is 10.1. The van der Waals surface area contributed by atoms with Gasteiger partial charge in [0.1, 0.15) is 0 Å². The average molecular weight is 315 g/mol. The number of carbonyl (C=O) groups is 1. The predicted molar refractivity (Wildman–Crippen MR) is 73.5 cm³/mol. The average Bonchev–Trinajstić information content (AvgIpc) is 2.70. The molecule has 1 aliphatic rings. The zero-order chi connectivity index (χ0) is 13.3. The molecule has 1 aromatic rings. The Balaban J connectivity index is 2.18. The van der Waals surface area contributed by atoms with Crippen LogP contribution in [0.4, 0.5) is 0 Å². The number of hydrogen-bond acceptors (Lipinski definition) is 3. The standard InChI is InChI=1S/C12H19BrN4O/c1-7(2)10-9(13)11(16-15-10)12(18)17-5-3-4-8(14)6-17/h7-8H,3-6,14H2,1-2H3,(H,15,16)/t8-/m0/s1. The summed E-state index contributed by atoms with van der Waals surface area (Å²) < 4.78 is 0.779. The second kappa shape index (κ2) is 5.40. The van der Waals surface area contributed by atoms with Crippen LogP contribution in [0.1, 0.15) is 48.8 Å². The van der Waals surface area contributed by atoms with Crippen LogP contribution >= 0.6 is 15.9 Å². The highest BCUT2D eigenvalue weighted by Gasteiger charge is 2.27. The van der Waals surface area contributed by atoms with Gasteiger partial charge in [-0.15, -0.1) is 0 Å². The Kier molecular flexibility index (Phi) is 4.07. The summed E-state index contributed by atoms with van der Waals surface area (Å²) in [5.74, 6) is 0.261. The SMILES string of the molecule is CC(C)c1[nH]nc(C(=O)N2CCC[C@H](N)C2)c1Br. The third-order valence-corrected chi connectivity index (χ3v) is 4.06. The molecule has 0 spiro atoms. The van der Waals surface area contributed by atoms with Gasteiger partial charge < -0.3 is 10.6 Å². The van der Waals surface area contributed by atoms with Crippen molar-refractivity contribution < 1.29 is 4.79 Å². The van der Waals surface area contributed by atoms with Crippen LogP contribution in [0.5, 0.6) is 0 Å². The number of nitrogens with zero attached hydrogens (tertiary/aromatic N) is 2. The molecule has 1 fully saturated rings. The van der Waals surface area contributed by atoms with Gasteiger partial charge in [-0.2, -0.15) is 5.10 Å². The lowest BCUT2D eigenvalue weighted by Gasteiger charge is -2.30. The quantitative estimate of drug-likeness (QED) is 0.875. The molecule has 18 heavy (non-hydrogen) atoms. The van der Waals surface area contributed by atoms with Gasteiger partial charge >= 0.3 is 0 Å². The van der Waals surface area contributed by atoms with Gasteiger partial charge in [-0.1, -0.05) is 13.8 Å². The van der Waals surface area contributed by atoms with Crippen LogP contribution in [-0.4, -0.2) is 40.1 Å². The van der Waals surface area contributed by atoms with E-state index in [2.05, 4.69) is 40.0 Å². The van der Waals surface area contributed by atoms with E-state index in [1.807, 2.05) is 0 Å². The number of carbonyl (C=O) groups excluding carboxylic acids is 1. The highest BCUT2D eigenvalue weighted by molar-refractivity contribution is 9.10. The van der Waals surface area contributed by atoms with Crippen molar-refractivity contribution in [2.75, 3.05) is 13.1 Å². The minimum Gasteiger partial charge on any atom is -0.336 e. The summed E-state index contributed by atoms with van der Waals surface area (Å²) in [5, 5.41) is 7.06. The number of halogens is 1. The van der Waals surface area contributed by atoms with E-state index in [1.165, 1.54) is 0 Å². The van der Waals surface area contributed by atoms with E-state index in [1.54, 1.807) is 4.90 Å². The summed E-state index contributed by atoms with van der Waals surface area (Å²) in [6, 6.07) is 0.0880. The van der Waals surface area contributed by atoms with Crippen molar-refractivity contribution in [1.29, 1.82) is 0 Å². The highest BCUT2D eigenvalue weighted by Crippen LogP contribution is 2.26. The Hall–Kier alpha value is -0.880. The first kappa shape index (κ1) is 13.5. The van der Waals surface area contributed by atoms with E-state index in [9.17, 15) is 4.79 Å². The van der Waals surface area contributed by atoms with Crippen molar-refractivity contribution in [2.45, 2.75) is 38.6 Å². The molecule has 1 aromatic heterocycles. The first-order valence-corrected chi connectivity index (χ1v) is 7.08. The molecule has 1 aliphatic heterocycles. The number of rotatable bonds is 2. The van der Waals surface area contributed by atoms with Gasteiger partial charge in [-0.3, -0.25) is 9.89 Å². The molecule has 0 saturated carbocycles. The van der Waals surface area contributed by atoms with Crippen molar-refractivity contribution >= 4 is 21.8 Å². The van der Waals surface area contributed by atoms with Crippen molar-refractivity contribution in [1.82, 2.24) is 15.1 Å². The first-order chi connectivity index (χ1) is 8.50. The fourth-order valence-electron chi connectivity index (χ4n) is 2.21. The summed E-state index contributed by atoms with van der Waals surface area (Å²) in [4.78, 5) is 14.2. The zero-order valence-electron chi connectivity index (χ0n) is 10.7. The Morgan fingerprint density at radius 1 is 1.61 bits per heavy atom. The maximum absolute atomic E-state index is 12.4. The number of aromatic nitrogens is 2. The van der Waals surface area contributed by atoms with E-state index in [0.29, 0.717) is 18.2 Å². The second-order valence-electron chi connectivity index (χ2n) is 5.11. The summed E-state index contributed by atoms with van der Waals surface area (Å²) in [6.45, 7) is 5.50. The Morgan fingerprint density at radius 2 is 2.33 bits per heavy atom. The second-order valence-corrected chi connectivity index (χ2v) is 5.90. The van der Waals surface area contributed by atoms with Crippen LogP contribution in [-0.2, 0) is 0 Å². The number of nitrogens with two attached hydrogens (primary N) is 1. The monoisotopic (exact) mass is 314 g/mol. The molecular weight excluding hydrogens is 296 g/mol. The maximum atomic E-state index is 12.4. The fourth-order valence-corrected chi connectivity index (χ4v) is 3.02. The predicted octanol–water partition coefficient (Wildman–Crippen LogP) is 1.86. The normalized spacial score (nSPS) is 20.5. The third kappa shape index (κ3) is 2.59. The van der Waals surface area contributed by atoms with Crippen LogP contribution in [0.25, 0.3) is 0 Å². The summed E-state index contributed by atoms with van der Waals surface area (Å²) in [6.07, 6.45) is 1.95. The number of aromatic amines is 1. The van der Waals surface area contributed by atoms with Crippen LogP contribution in [0.2, 0.25) is 0 Å². The Bertz CT molecular complexity index is 443. The number of likely N-dealkylation sites (tertiary alicyclic amines) is 1. The van der Waals surface area contributed by atoms with Crippen molar-refractivity contribution in [3.8, 4) is 0 Å². The van der Waals surface area contributed by atoms with Crippen molar-refractivity contribution in [2.24, 2.45) is 5.73 Å². The molecule has 0 unspecified atom stereocenters. The van der Waals surface area contributed by atoms with E-state index in [4.69, 9.17) is 5.73 Å². The molecule has 0 bridgehead atoms. The molecule has 1 amide bonds. The van der Waals surface area contributed by atoms with Crippen LogP contribution in [0, 0.1) is 0 Å². The molecule has 1 saturated heterocycles. The maximum Gasteiger partial charge on any atom is 0.275 e. The van der Waals surface area contributed by atoms with E-state index < -0.39 is 0 Å². The molecule has 3 N–H and O–H groups in total. The third-order valence-electron chi connectivity index (χ3n) is 3.26. The van der Waals surface area contributed by atoms with Gasteiger partial charge in [0.25, 0.3) is 5.91 Å². The van der Waals surface area contributed by atoms with Crippen molar-refractivity contribution in [3.63, 3.8) is 0 Å². The van der Waals surface area contributed by atoms with Gasteiger partial charge in [0.05, 0.1) is 10.2 Å². The summed E-state index contributed by atoms with van der Waals surface area (Å²) >= 11 is 3.46. The lowest BCUT2D eigenvalue weighted by molar-refractivity contribution is 0.0702. The van der Waals surface area contributed by atoms with Gasteiger partial charge in [0.2, 0.25) is 0 Å². The summed E-state index contributed by atoms with van der Waals surface area (Å²) in [7, 11) is 0. The Morgan fingerprint density at radius 3 is 2.89 bits per heavy atom. The fraction of sp³-hybridized carbons (Fsp3) is 0.667. The van der Waals surface area contributed by atoms with E-state index in [0.717, 1.165) is 29.6 Å². The molecule has 0 radical (unpaired) electrons. The number of nitrogens with one attached hydrogen (secondary N) is 1. The van der Waals surface area contributed by atoms with Crippen LogP contribution in [0.15, 0.2) is 4.47 Å². The number of H-pyrrole nitrogens is 1. The minimum absolute atomic E-state index is 0.0415. The molecular formula is C12H19BrN4O. The molecule has 100 valence electrons. The smallest absolute Gasteiger partial charge is 0.275 e. The number of amides is 1. The minimum atomic E-state index is -0.0415. The first-order valence-electron chi connectivity index (χ1n) is 6.29. The Labute approximate surface area is 115 Å². The lowest BCUT2D eigenvalue weighted by Crippen LogP contribution is -2.45. The molecule has 0 aliphatic carbocycles. The molecule has 6 heteroatoms. The van der Waals surface area contributed by atoms with Crippen LogP contribution < -0.4 is 5.73 Å². The van der Waals surface area contributed by atoms with Gasteiger partial charge in [-0.05, 0) is 34.7 Å².